The van der Waals surface area contributed by atoms with E-state index in [1.807, 2.05) is 0 Å². The number of aliphatic imine (C=N–C) groups is 1. The summed E-state index contributed by atoms with van der Waals surface area (Å²) in [5.74, 6) is -2.83. The standard InChI is InChI=1S/C24H24F4N8O5/c1-11(34-41-4)13-6-17(36-18(13)19(29)31-10-32-36)12-5-14(21(40-3)30-7-12)20(37)33-16-9-35(8-15(16)25)22(38)23(2,39)24(26,27)28/h5-7,10,15,39H,8-9H2,1-4H3,(H2,29,31,32)/b33-16?,34-11+/t15-,23+/m0/s1. The minimum Gasteiger partial charge on any atom is -0.480 e. The molecule has 13 nitrogen and oxygen atoms in total. The van der Waals surface area contributed by atoms with E-state index in [-0.39, 0.29) is 24.2 Å². The fourth-order valence-corrected chi connectivity index (χ4v) is 4.18. The summed E-state index contributed by atoms with van der Waals surface area (Å²) in [7, 11) is 2.61. The van der Waals surface area contributed by atoms with Crippen LogP contribution in [0.1, 0.15) is 29.8 Å². The van der Waals surface area contributed by atoms with Crippen LogP contribution in [0.5, 0.6) is 5.88 Å². The molecule has 3 N–H and O–H groups in total. The van der Waals surface area contributed by atoms with Crippen LogP contribution in [-0.4, -0.2) is 98.1 Å². The maximum atomic E-state index is 14.7. The maximum absolute atomic E-state index is 14.7. The smallest absolute Gasteiger partial charge is 0.426 e. The lowest BCUT2D eigenvalue weighted by Gasteiger charge is -2.29. The minimum atomic E-state index is -5.29. The molecule has 0 radical (unpaired) electrons. The molecular formula is C24H24F4N8O5. The van der Waals surface area contributed by atoms with Crippen molar-refractivity contribution >= 4 is 34.6 Å². The third-order valence-electron chi connectivity index (χ3n) is 6.37. The van der Waals surface area contributed by atoms with Gasteiger partial charge in [0.2, 0.25) is 11.5 Å². The first-order valence-electron chi connectivity index (χ1n) is 11.8. The number of nitrogen functional groups attached to an aromatic ring is 1. The highest BCUT2D eigenvalue weighted by Crippen LogP contribution is 2.33. The quantitative estimate of drug-likeness (QED) is 0.251. The number of hydrogen-bond donors (Lipinski definition) is 2. The van der Waals surface area contributed by atoms with Gasteiger partial charge in [0, 0.05) is 17.3 Å². The maximum Gasteiger partial charge on any atom is 0.426 e. The Labute approximate surface area is 229 Å². The van der Waals surface area contributed by atoms with Crippen molar-refractivity contribution in [2.24, 2.45) is 10.1 Å². The average Bonchev–Trinajstić information content (AvgIpc) is 3.48. The second-order valence-corrected chi connectivity index (χ2v) is 9.12. The van der Waals surface area contributed by atoms with Crippen molar-refractivity contribution in [1.29, 1.82) is 0 Å². The molecule has 4 rings (SSSR count). The predicted molar refractivity (Wildman–Crippen MR) is 136 cm³/mol. The van der Waals surface area contributed by atoms with Gasteiger partial charge in [-0.2, -0.15) is 18.3 Å². The van der Waals surface area contributed by atoms with Gasteiger partial charge in [0.25, 0.3) is 11.8 Å². The fraction of sp³-hybridized carbons (Fsp3) is 0.375. The summed E-state index contributed by atoms with van der Waals surface area (Å²) in [6.07, 6.45) is -4.74. The first-order valence-corrected chi connectivity index (χ1v) is 11.8. The Morgan fingerprint density at radius 3 is 2.54 bits per heavy atom. The Balaban J connectivity index is 1.73. The van der Waals surface area contributed by atoms with Crippen LogP contribution in [0.25, 0.3) is 16.8 Å². The molecule has 218 valence electrons. The van der Waals surface area contributed by atoms with E-state index >= 15 is 0 Å². The Morgan fingerprint density at radius 1 is 1.20 bits per heavy atom. The number of alkyl halides is 4. The number of amides is 2. The van der Waals surface area contributed by atoms with Crippen molar-refractivity contribution < 1.29 is 41.8 Å². The summed E-state index contributed by atoms with van der Waals surface area (Å²) in [4.78, 5) is 42.6. The third kappa shape index (κ3) is 5.27. The number of likely N-dealkylation sites (tertiary alicyclic amines) is 1. The molecule has 2 atom stereocenters. The molecule has 3 aromatic heterocycles. The number of nitrogens with zero attached hydrogens (tertiary/aromatic N) is 7. The fourth-order valence-electron chi connectivity index (χ4n) is 4.18. The number of aliphatic hydroxyl groups is 1. The highest BCUT2D eigenvalue weighted by atomic mass is 19.4. The molecule has 1 fully saturated rings. The van der Waals surface area contributed by atoms with Crippen molar-refractivity contribution in [3.8, 4) is 17.1 Å². The van der Waals surface area contributed by atoms with Gasteiger partial charge in [-0.3, -0.25) is 9.59 Å². The number of nitrogens with two attached hydrogens (primary N) is 1. The van der Waals surface area contributed by atoms with E-state index in [1.165, 1.54) is 37.3 Å². The van der Waals surface area contributed by atoms with E-state index in [4.69, 9.17) is 15.3 Å². The number of oxime groups is 1. The minimum absolute atomic E-state index is 0.134. The highest BCUT2D eigenvalue weighted by Gasteiger charge is 2.58. The van der Waals surface area contributed by atoms with E-state index in [0.29, 0.717) is 32.9 Å². The molecule has 0 bridgehead atoms. The van der Waals surface area contributed by atoms with Gasteiger partial charge >= 0.3 is 6.18 Å². The number of fused-ring (bicyclic) bond motifs is 1. The molecule has 1 aliphatic rings. The van der Waals surface area contributed by atoms with Crippen molar-refractivity contribution in [3.05, 3.63) is 35.8 Å². The van der Waals surface area contributed by atoms with E-state index in [9.17, 15) is 32.3 Å². The molecule has 17 heteroatoms. The Kier molecular flexibility index (Phi) is 7.66. The van der Waals surface area contributed by atoms with E-state index in [1.54, 1.807) is 13.0 Å². The molecule has 1 saturated heterocycles. The first kappa shape index (κ1) is 29.3. The summed E-state index contributed by atoms with van der Waals surface area (Å²) < 4.78 is 60.6. The van der Waals surface area contributed by atoms with Crippen molar-refractivity contribution in [2.45, 2.75) is 31.8 Å². The van der Waals surface area contributed by atoms with Crippen LogP contribution in [-0.2, 0) is 9.63 Å². The number of ether oxygens (including phenoxy) is 1. The molecule has 2 amide bonds. The van der Waals surface area contributed by atoms with Crippen molar-refractivity contribution in [3.63, 3.8) is 0 Å². The summed E-state index contributed by atoms with van der Waals surface area (Å²) in [5, 5.41) is 17.8. The number of hydrogen-bond acceptors (Lipinski definition) is 10. The normalized spacial score (nSPS) is 18.6. The van der Waals surface area contributed by atoms with Crippen LogP contribution in [0.15, 0.2) is 34.8 Å². The Morgan fingerprint density at radius 2 is 1.90 bits per heavy atom. The zero-order valence-corrected chi connectivity index (χ0v) is 22.1. The lowest BCUT2D eigenvalue weighted by molar-refractivity contribution is -0.249. The summed E-state index contributed by atoms with van der Waals surface area (Å²) in [6, 6.07) is 3.01. The molecule has 1 aliphatic heterocycles. The van der Waals surface area contributed by atoms with Crippen LogP contribution in [0.4, 0.5) is 23.4 Å². The number of rotatable bonds is 6. The van der Waals surface area contributed by atoms with Gasteiger partial charge in [0.05, 0.1) is 37.3 Å². The van der Waals surface area contributed by atoms with Crippen molar-refractivity contribution in [2.75, 3.05) is 33.0 Å². The van der Waals surface area contributed by atoms with Gasteiger partial charge in [0.15, 0.2) is 12.0 Å². The molecule has 0 aromatic carbocycles. The van der Waals surface area contributed by atoms with Crippen LogP contribution in [0, 0.1) is 0 Å². The van der Waals surface area contributed by atoms with Crippen LogP contribution >= 0.6 is 0 Å². The first-order chi connectivity index (χ1) is 19.2. The van der Waals surface area contributed by atoms with E-state index < -0.39 is 48.6 Å². The summed E-state index contributed by atoms with van der Waals surface area (Å²) in [5.41, 5.74) is 3.72. The molecule has 0 spiro atoms. The number of halogens is 4. The largest absolute Gasteiger partial charge is 0.480 e. The summed E-state index contributed by atoms with van der Waals surface area (Å²) >= 11 is 0. The molecule has 0 saturated carbocycles. The number of carbonyl (C=O) groups is 2. The molecule has 4 heterocycles. The van der Waals surface area contributed by atoms with Gasteiger partial charge in [-0.1, -0.05) is 5.16 Å². The van der Waals surface area contributed by atoms with E-state index in [0.717, 1.165) is 0 Å². The average molecular weight is 580 g/mol. The number of methoxy groups -OCH3 is 1. The van der Waals surface area contributed by atoms with Gasteiger partial charge < -0.3 is 25.3 Å². The second kappa shape index (κ2) is 10.7. The predicted octanol–water partition coefficient (Wildman–Crippen LogP) is 1.83. The SMILES string of the molecule is CO/N=C(\C)c1cc(-c2cnc(OC)c(C(=O)N=C3CN(C(=O)[C@@](C)(O)C(F)(F)F)C[C@@H]3F)c2)n2ncnc(N)c12. The molecule has 0 unspecified atom stereocenters. The molecule has 0 aliphatic carbocycles. The van der Waals surface area contributed by atoms with Gasteiger partial charge in [-0.15, -0.1) is 0 Å². The Hall–Kier alpha value is -4.67. The van der Waals surface area contributed by atoms with Crippen LogP contribution in [0.2, 0.25) is 0 Å². The van der Waals surface area contributed by atoms with Crippen LogP contribution in [0.3, 0.4) is 0 Å². The third-order valence-corrected chi connectivity index (χ3v) is 6.37. The lowest BCUT2D eigenvalue weighted by atomic mass is 10.1. The van der Waals surface area contributed by atoms with Gasteiger partial charge in [-0.25, -0.2) is 23.9 Å². The number of anilines is 1. The molecule has 3 aromatic rings. The van der Waals surface area contributed by atoms with E-state index in [2.05, 4.69) is 25.2 Å². The Bertz CT molecular complexity index is 1580. The highest BCUT2D eigenvalue weighted by molar-refractivity contribution is 6.10. The lowest BCUT2D eigenvalue weighted by Crippen LogP contribution is -2.55. The van der Waals surface area contributed by atoms with Crippen molar-refractivity contribution in [1.82, 2.24) is 24.5 Å². The summed E-state index contributed by atoms with van der Waals surface area (Å²) in [6.45, 7) is 0.371. The number of carbonyl (C=O) groups excluding carboxylic acids is 2. The molecule has 41 heavy (non-hydrogen) atoms. The second-order valence-electron chi connectivity index (χ2n) is 9.12. The zero-order chi connectivity index (χ0) is 30.3. The van der Waals surface area contributed by atoms with Gasteiger partial charge in [-0.05, 0) is 26.0 Å². The van der Waals surface area contributed by atoms with Crippen LogP contribution < -0.4 is 10.5 Å². The zero-order valence-electron chi connectivity index (χ0n) is 22.1. The number of aromatic nitrogens is 4. The topological polar surface area (TPSA) is 170 Å². The number of pyridine rings is 1. The monoisotopic (exact) mass is 580 g/mol. The van der Waals surface area contributed by atoms with Gasteiger partial charge in [0.1, 0.15) is 24.5 Å². The molecular weight excluding hydrogens is 556 g/mol.